The Labute approximate surface area is 97.2 Å². The van der Waals surface area contributed by atoms with Crippen LogP contribution in [0.4, 0.5) is 0 Å². The van der Waals surface area contributed by atoms with Crippen LogP contribution >= 0.6 is 11.3 Å². The minimum absolute atomic E-state index is 0.826. The number of hydrogen-bond donors (Lipinski definition) is 0. The minimum atomic E-state index is 0.826. The maximum absolute atomic E-state index is 5.32. The first-order valence-electron chi connectivity index (χ1n) is 4.98. The van der Waals surface area contributed by atoms with Crippen molar-refractivity contribution in [3.63, 3.8) is 0 Å². The molecule has 0 amide bonds. The smallest absolute Gasteiger partial charge is 0.162 e. The van der Waals surface area contributed by atoms with Gasteiger partial charge in [-0.2, -0.15) is 0 Å². The molecule has 0 saturated heterocycles. The standard InChI is InChI=1S/C13H9NOS/c1-2-5-10(6-3-1)12-9-14-13(16-12)11-7-4-8-15-11/h1-9H. The molecule has 0 fully saturated rings. The fourth-order valence-electron chi connectivity index (χ4n) is 1.52. The number of hydrogen-bond acceptors (Lipinski definition) is 3. The van der Waals surface area contributed by atoms with E-state index in [0.29, 0.717) is 0 Å². The van der Waals surface area contributed by atoms with Gasteiger partial charge in [0.15, 0.2) is 10.8 Å². The lowest BCUT2D eigenvalue weighted by Gasteiger charge is -1.93. The summed E-state index contributed by atoms with van der Waals surface area (Å²) in [6.07, 6.45) is 3.55. The summed E-state index contributed by atoms with van der Waals surface area (Å²) in [5.41, 5.74) is 1.19. The molecule has 16 heavy (non-hydrogen) atoms. The Morgan fingerprint density at radius 2 is 1.88 bits per heavy atom. The van der Waals surface area contributed by atoms with E-state index in [1.54, 1.807) is 17.6 Å². The fourth-order valence-corrected chi connectivity index (χ4v) is 2.41. The number of rotatable bonds is 2. The van der Waals surface area contributed by atoms with Crippen molar-refractivity contribution in [3.05, 3.63) is 54.9 Å². The van der Waals surface area contributed by atoms with Crippen LogP contribution in [-0.4, -0.2) is 4.98 Å². The van der Waals surface area contributed by atoms with E-state index in [4.69, 9.17) is 4.42 Å². The Kier molecular flexibility index (Phi) is 2.31. The van der Waals surface area contributed by atoms with Crippen LogP contribution in [0.1, 0.15) is 0 Å². The first kappa shape index (κ1) is 9.36. The third-order valence-electron chi connectivity index (χ3n) is 2.30. The Morgan fingerprint density at radius 1 is 1.00 bits per heavy atom. The van der Waals surface area contributed by atoms with Crippen LogP contribution in [0.3, 0.4) is 0 Å². The van der Waals surface area contributed by atoms with Crippen LogP contribution in [0.25, 0.3) is 21.2 Å². The van der Waals surface area contributed by atoms with Crippen molar-refractivity contribution < 1.29 is 4.42 Å². The summed E-state index contributed by atoms with van der Waals surface area (Å²) in [5.74, 6) is 0.826. The van der Waals surface area contributed by atoms with Crippen molar-refractivity contribution in [2.75, 3.05) is 0 Å². The van der Waals surface area contributed by atoms with Crippen molar-refractivity contribution in [2.24, 2.45) is 0 Å². The van der Waals surface area contributed by atoms with Gasteiger partial charge in [-0.15, -0.1) is 11.3 Å². The SMILES string of the molecule is c1ccc(-c2cnc(-c3ccco3)s2)cc1. The summed E-state index contributed by atoms with van der Waals surface area (Å²) in [6, 6.07) is 14.0. The zero-order chi connectivity index (χ0) is 10.8. The molecule has 3 aromatic rings. The predicted molar refractivity (Wildman–Crippen MR) is 65.3 cm³/mol. The van der Waals surface area contributed by atoms with Crippen molar-refractivity contribution in [1.29, 1.82) is 0 Å². The first-order chi connectivity index (χ1) is 7.93. The molecule has 0 N–H and O–H groups in total. The monoisotopic (exact) mass is 227 g/mol. The largest absolute Gasteiger partial charge is 0.462 e. The Balaban J connectivity index is 2.00. The molecule has 0 saturated carbocycles. The van der Waals surface area contributed by atoms with Gasteiger partial charge in [-0.3, -0.25) is 0 Å². The lowest BCUT2D eigenvalue weighted by molar-refractivity contribution is 0.582. The van der Waals surface area contributed by atoms with Crippen LogP contribution in [0.2, 0.25) is 0 Å². The highest BCUT2D eigenvalue weighted by Gasteiger charge is 2.07. The molecule has 0 bridgehead atoms. The molecule has 1 aromatic carbocycles. The number of furan rings is 1. The summed E-state index contributed by atoms with van der Waals surface area (Å²) in [4.78, 5) is 5.52. The average Bonchev–Trinajstić information content (AvgIpc) is 3.01. The average molecular weight is 227 g/mol. The molecule has 3 heteroatoms. The van der Waals surface area contributed by atoms with Crippen LogP contribution in [0.5, 0.6) is 0 Å². The zero-order valence-electron chi connectivity index (χ0n) is 8.46. The van der Waals surface area contributed by atoms with Gasteiger partial charge in [-0.25, -0.2) is 4.98 Å². The van der Waals surface area contributed by atoms with E-state index in [-0.39, 0.29) is 0 Å². The molecule has 0 aliphatic carbocycles. The normalized spacial score (nSPS) is 10.5. The maximum Gasteiger partial charge on any atom is 0.162 e. The Morgan fingerprint density at radius 3 is 2.62 bits per heavy atom. The molecular formula is C13H9NOS. The van der Waals surface area contributed by atoms with E-state index in [9.17, 15) is 0 Å². The molecular weight excluding hydrogens is 218 g/mol. The zero-order valence-corrected chi connectivity index (χ0v) is 9.28. The third-order valence-corrected chi connectivity index (χ3v) is 3.36. The molecule has 0 atom stereocenters. The van der Waals surface area contributed by atoms with Crippen LogP contribution in [0, 0.1) is 0 Å². The Bertz CT molecular complexity index is 569. The molecule has 0 aliphatic rings. The molecule has 0 radical (unpaired) electrons. The minimum Gasteiger partial charge on any atom is -0.462 e. The Hall–Kier alpha value is -1.87. The van der Waals surface area contributed by atoms with Gasteiger partial charge in [-0.1, -0.05) is 30.3 Å². The topological polar surface area (TPSA) is 26.0 Å². The summed E-state index contributed by atoms with van der Waals surface area (Å²) in [5, 5.41) is 0.920. The van der Waals surface area contributed by atoms with Gasteiger partial charge in [0.25, 0.3) is 0 Å². The second-order valence-electron chi connectivity index (χ2n) is 3.37. The molecule has 78 valence electrons. The maximum atomic E-state index is 5.32. The van der Waals surface area contributed by atoms with Gasteiger partial charge in [0, 0.05) is 6.20 Å². The second kappa shape index (κ2) is 3.94. The van der Waals surface area contributed by atoms with Gasteiger partial charge >= 0.3 is 0 Å². The number of thiazole rings is 1. The van der Waals surface area contributed by atoms with Crippen LogP contribution in [-0.2, 0) is 0 Å². The van der Waals surface area contributed by atoms with Crippen molar-refractivity contribution in [3.8, 4) is 21.2 Å². The van der Waals surface area contributed by atoms with E-state index in [1.165, 1.54) is 5.56 Å². The van der Waals surface area contributed by atoms with Gasteiger partial charge in [-0.05, 0) is 17.7 Å². The molecule has 0 spiro atoms. The van der Waals surface area contributed by atoms with Crippen molar-refractivity contribution in [1.82, 2.24) is 4.98 Å². The third kappa shape index (κ3) is 1.66. The first-order valence-corrected chi connectivity index (χ1v) is 5.80. The number of benzene rings is 1. The molecule has 2 heterocycles. The van der Waals surface area contributed by atoms with E-state index in [2.05, 4.69) is 17.1 Å². The van der Waals surface area contributed by atoms with Crippen molar-refractivity contribution >= 4 is 11.3 Å². The summed E-state index contributed by atoms with van der Waals surface area (Å²) in [7, 11) is 0. The number of nitrogens with zero attached hydrogens (tertiary/aromatic N) is 1. The highest BCUT2D eigenvalue weighted by Crippen LogP contribution is 2.31. The summed E-state index contributed by atoms with van der Waals surface area (Å²) in [6.45, 7) is 0. The highest BCUT2D eigenvalue weighted by atomic mass is 32.1. The van der Waals surface area contributed by atoms with E-state index in [1.807, 2.05) is 36.5 Å². The molecule has 0 aliphatic heterocycles. The molecule has 0 unspecified atom stereocenters. The van der Waals surface area contributed by atoms with E-state index >= 15 is 0 Å². The van der Waals surface area contributed by atoms with Crippen LogP contribution in [0.15, 0.2) is 59.3 Å². The quantitative estimate of drug-likeness (QED) is 0.659. The number of aromatic nitrogens is 1. The van der Waals surface area contributed by atoms with Gasteiger partial charge in [0.1, 0.15) is 0 Å². The fraction of sp³-hybridized carbons (Fsp3) is 0. The van der Waals surface area contributed by atoms with Crippen LogP contribution < -0.4 is 0 Å². The predicted octanol–water partition coefficient (Wildman–Crippen LogP) is 4.07. The van der Waals surface area contributed by atoms with Gasteiger partial charge in [0.05, 0.1) is 11.1 Å². The second-order valence-corrected chi connectivity index (χ2v) is 4.40. The molecule has 2 nitrogen and oxygen atoms in total. The van der Waals surface area contributed by atoms with E-state index in [0.717, 1.165) is 15.6 Å². The molecule has 2 aromatic heterocycles. The summed E-state index contributed by atoms with van der Waals surface area (Å²) >= 11 is 1.64. The highest BCUT2D eigenvalue weighted by molar-refractivity contribution is 7.18. The molecule has 3 rings (SSSR count). The van der Waals surface area contributed by atoms with Gasteiger partial charge < -0.3 is 4.42 Å². The van der Waals surface area contributed by atoms with E-state index < -0.39 is 0 Å². The van der Waals surface area contributed by atoms with Gasteiger partial charge in [0.2, 0.25) is 0 Å². The van der Waals surface area contributed by atoms with Crippen molar-refractivity contribution in [2.45, 2.75) is 0 Å². The lowest BCUT2D eigenvalue weighted by atomic mass is 10.2. The lowest BCUT2D eigenvalue weighted by Crippen LogP contribution is -1.67. The summed E-state index contributed by atoms with van der Waals surface area (Å²) < 4.78 is 5.32.